The average molecular weight is 447 g/mol. The predicted octanol–water partition coefficient (Wildman–Crippen LogP) is 5.19. The molecule has 0 radical (unpaired) electrons. The number of anilines is 3. The van der Waals surface area contributed by atoms with Gasteiger partial charge in [-0.05, 0) is 30.5 Å². The van der Waals surface area contributed by atoms with E-state index in [-0.39, 0.29) is 5.92 Å². The third-order valence-electron chi connectivity index (χ3n) is 5.76. The molecule has 162 valence electrons. The summed E-state index contributed by atoms with van der Waals surface area (Å²) in [5.74, 6) is 2.37. The first-order chi connectivity index (χ1) is 15.7. The largest absolute Gasteiger partial charge is 0.494 e. The number of rotatable bonds is 6. The van der Waals surface area contributed by atoms with Gasteiger partial charge in [0.05, 0.1) is 18.5 Å². The first-order valence-corrected chi connectivity index (χ1v) is 10.8. The van der Waals surface area contributed by atoms with Crippen LogP contribution in [0, 0.1) is 0 Å². The maximum absolute atomic E-state index is 5.97. The molecule has 2 heterocycles. The molecule has 0 aliphatic heterocycles. The predicted molar refractivity (Wildman–Crippen MR) is 127 cm³/mol. The van der Waals surface area contributed by atoms with Crippen LogP contribution in [0.4, 0.5) is 17.5 Å². The molecule has 0 spiro atoms. The van der Waals surface area contributed by atoms with Crippen molar-refractivity contribution in [2.24, 2.45) is 0 Å². The van der Waals surface area contributed by atoms with Crippen molar-refractivity contribution in [1.29, 1.82) is 0 Å². The minimum atomic E-state index is 0.268. The molecule has 1 atom stereocenters. The fourth-order valence-electron chi connectivity index (χ4n) is 4.26. The van der Waals surface area contributed by atoms with Crippen molar-refractivity contribution in [3.8, 4) is 11.4 Å². The number of nitrogens with zero attached hydrogens (tertiary/aromatic N) is 4. The van der Waals surface area contributed by atoms with E-state index in [4.69, 9.17) is 26.3 Å². The van der Waals surface area contributed by atoms with Crippen LogP contribution in [0.3, 0.4) is 0 Å². The Hall–Kier alpha value is -3.58. The molecule has 0 amide bonds. The fourth-order valence-corrected chi connectivity index (χ4v) is 4.41. The smallest absolute Gasteiger partial charge is 0.229 e. The van der Waals surface area contributed by atoms with Crippen molar-refractivity contribution in [3.05, 3.63) is 83.0 Å². The summed E-state index contributed by atoms with van der Waals surface area (Å²) in [5, 5.41) is 7.01. The number of benzene rings is 2. The second-order valence-corrected chi connectivity index (χ2v) is 8.01. The van der Waals surface area contributed by atoms with Gasteiger partial charge in [0.25, 0.3) is 0 Å². The van der Waals surface area contributed by atoms with Gasteiger partial charge in [0.15, 0.2) is 0 Å². The van der Waals surface area contributed by atoms with Crippen LogP contribution in [0.25, 0.3) is 5.69 Å². The molecule has 0 bridgehead atoms. The minimum absolute atomic E-state index is 0.268. The van der Waals surface area contributed by atoms with Crippen molar-refractivity contribution in [3.63, 3.8) is 0 Å². The molecule has 5 rings (SSSR count). The lowest BCUT2D eigenvalue weighted by atomic mass is 9.97. The zero-order valence-electron chi connectivity index (χ0n) is 17.8. The second-order valence-electron chi connectivity index (χ2n) is 7.63. The van der Waals surface area contributed by atoms with Crippen LogP contribution in [0.1, 0.15) is 29.2 Å². The van der Waals surface area contributed by atoms with Crippen LogP contribution in [-0.2, 0) is 6.42 Å². The van der Waals surface area contributed by atoms with Crippen LogP contribution in [0.5, 0.6) is 5.75 Å². The lowest BCUT2D eigenvalue weighted by Crippen LogP contribution is -2.08. The van der Waals surface area contributed by atoms with E-state index in [9.17, 15) is 0 Å². The minimum Gasteiger partial charge on any atom is -0.494 e. The SMILES string of the molecule is CNc1nc(Nc2ccc(-n3cnc(Cl)c3)c(OC)c2)nc2c1CC[C@H]2c1ccccc1. The van der Waals surface area contributed by atoms with Crippen LogP contribution in [0.2, 0.25) is 5.15 Å². The maximum atomic E-state index is 5.97. The molecule has 1 aliphatic rings. The third kappa shape index (κ3) is 3.76. The summed E-state index contributed by atoms with van der Waals surface area (Å²) in [5.41, 5.74) is 5.22. The van der Waals surface area contributed by atoms with Gasteiger partial charge in [-0.3, -0.25) is 0 Å². The van der Waals surface area contributed by atoms with E-state index >= 15 is 0 Å². The molecule has 2 aromatic heterocycles. The topological polar surface area (TPSA) is 76.9 Å². The first-order valence-electron chi connectivity index (χ1n) is 10.4. The second kappa shape index (κ2) is 8.51. The van der Waals surface area contributed by atoms with Gasteiger partial charge >= 0.3 is 0 Å². The molecule has 4 aromatic rings. The number of ether oxygens (including phenoxy) is 1. The number of imidazole rings is 1. The lowest BCUT2D eigenvalue weighted by molar-refractivity contribution is 0.413. The Morgan fingerprint density at radius 3 is 2.69 bits per heavy atom. The highest BCUT2D eigenvalue weighted by atomic mass is 35.5. The Balaban J connectivity index is 1.48. The van der Waals surface area contributed by atoms with Gasteiger partial charge in [-0.15, -0.1) is 0 Å². The Labute approximate surface area is 191 Å². The lowest BCUT2D eigenvalue weighted by Gasteiger charge is -2.16. The Kier molecular flexibility index (Phi) is 5.41. The van der Waals surface area contributed by atoms with Crippen molar-refractivity contribution in [2.75, 3.05) is 24.8 Å². The maximum Gasteiger partial charge on any atom is 0.229 e. The summed E-state index contributed by atoms with van der Waals surface area (Å²) in [7, 11) is 3.53. The zero-order valence-corrected chi connectivity index (χ0v) is 18.6. The molecular formula is C24H23ClN6O. The van der Waals surface area contributed by atoms with E-state index in [0.29, 0.717) is 16.9 Å². The molecule has 2 aromatic carbocycles. The molecular weight excluding hydrogens is 424 g/mol. The number of halogens is 1. The van der Waals surface area contributed by atoms with Crippen LogP contribution in [-0.4, -0.2) is 33.7 Å². The van der Waals surface area contributed by atoms with Crippen LogP contribution < -0.4 is 15.4 Å². The number of fused-ring (bicyclic) bond motifs is 1. The molecule has 7 nitrogen and oxygen atoms in total. The standard InChI is InChI=1S/C24H23ClN6O/c1-26-23-18-10-9-17(15-6-4-3-5-7-15)22(18)29-24(30-23)28-16-8-11-19(20(12-16)32-2)31-13-21(25)27-14-31/h3-8,11-14,17H,9-10H2,1-2H3,(H2,26,28,29,30)/t17-/m0/s1. The summed E-state index contributed by atoms with van der Waals surface area (Å²) in [6, 6.07) is 16.3. The van der Waals surface area contributed by atoms with E-state index in [0.717, 1.165) is 35.7 Å². The Bertz CT molecular complexity index is 1260. The number of hydrogen-bond donors (Lipinski definition) is 2. The molecule has 0 fully saturated rings. The van der Waals surface area contributed by atoms with E-state index in [2.05, 4.69) is 39.9 Å². The van der Waals surface area contributed by atoms with Crippen molar-refractivity contribution < 1.29 is 4.74 Å². The van der Waals surface area contributed by atoms with Crippen LogP contribution in [0.15, 0.2) is 61.1 Å². The van der Waals surface area contributed by atoms with E-state index in [1.807, 2.05) is 35.9 Å². The zero-order chi connectivity index (χ0) is 22.1. The molecule has 2 N–H and O–H groups in total. The molecule has 0 saturated heterocycles. The van der Waals surface area contributed by atoms with Gasteiger partial charge in [0.1, 0.15) is 23.0 Å². The Morgan fingerprint density at radius 1 is 1.12 bits per heavy atom. The van der Waals surface area contributed by atoms with E-state index in [1.165, 1.54) is 11.1 Å². The normalized spacial score (nSPS) is 14.8. The summed E-state index contributed by atoms with van der Waals surface area (Å²) in [6.45, 7) is 0. The molecule has 1 aliphatic carbocycles. The van der Waals surface area contributed by atoms with Crippen molar-refractivity contribution in [1.82, 2.24) is 19.5 Å². The van der Waals surface area contributed by atoms with Gasteiger partial charge in [-0.1, -0.05) is 41.9 Å². The van der Waals surface area contributed by atoms with Gasteiger partial charge < -0.3 is 19.9 Å². The molecule has 0 saturated carbocycles. The van der Waals surface area contributed by atoms with Crippen LogP contribution >= 0.6 is 11.6 Å². The number of nitrogens with one attached hydrogen (secondary N) is 2. The summed E-state index contributed by atoms with van der Waals surface area (Å²) in [4.78, 5) is 13.7. The Morgan fingerprint density at radius 2 is 1.97 bits per heavy atom. The van der Waals surface area contributed by atoms with E-state index < -0.39 is 0 Å². The quantitative estimate of drug-likeness (QED) is 0.424. The summed E-state index contributed by atoms with van der Waals surface area (Å²) >= 11 is 5.97. The van der Waals surface area contributed by atoms with Gasteiger partial charge in [0.2, 0.25) is 5.95 Å². The van der Waals surface area contributed by atoms with E-state index in [1.54, 1.807) is 19.6 Å². The fraction of sp³-hybridized carbons (Fsp3) is 0.208. The summed E-state index contributed by atoms with van der Waals surface area (Å²) in [6.07, 6.45) is 5.38. The van der Waals surface area contributed by atoms with Gasteiger partial charge in [-0.2, -0.15) is 4.98 Å². The summed E-state index contributed by atoms with van der Waals surface area (Å²) < 4.78 is 7.42. The number of hydrogen-bond acceptors (Lipinski definition) is 6. The molecule has 32 heavy (non-hydrogen) atoms. The number of aromatic nitrogens is 4. The third-order valence-corrected chi connectivity index (χ3v) is 5.95. The molecule has 8 heteroatoms. The highest BCUT2D eigenvalue weighted by molar-refractivity contribution is 6.29. The highest BCUT2D eigenvalue weighted by Gasteiger charge is 2.29. The first kappa shape index (κ1) is 20.3. The van der Waals surface area contributed by atoms with Gasteiger partial charge in [-0.25, -0.2) is 9.97 Å². The van der Waals surface area contributed by atoms with Crippen molar-refractivity contribution in [2.45, 2.75) is 18.8 Å². The average Bonchev–Trinajstić information content (AvgIpc) is 3.45. The highest BCUT2D eigenvalue weighted by Crippen LogP contribution is 2.40. The van der Waals surface area contributed by atoms with Gasteiger partial charge in [0, 0.05) is 36.5 Å². The van der Waals surface area contributed by atoms with Crippen molar-refractivity contribution >= 4 is 29.1 Å². The number of methoxy groups -OCH3 is 1. The monoisotopic (exact) mass is 446 g/mol. The molecule has 0 unspecified atom stereocenters.